The lowest BCUT2D eigenvalue weighted by Crippen LogP contribution is -2.20. The highest BCUT2D eigenvalue weighted by atomic mass is 32.1. The minimum absolute atomic E-state index is 0.00945. The first-order chi connectivity index (χ1) is 10.3. The van der Waals surface area contributed by atoms with Crippen molar-refractivity contribution in [2.45, 2.75) is 12.3 Å². The second-order valence-corrected chi connectivity index (χ2v) is 5.91. The van der Waals surface area contributed by atoms with E-state index in [2.05, 4.69) is 16.3 Å². The Labute approximate surface area is 125 Å². The SMILES string of the molecule is O=C1C[C@@H](c2cccs2)c2c(n[nH]c2-c2ccccc2)O1. The van der Waals surface area contributed by atoms with Crippen LogP contribution in [0.15, 0.2) is 47.8 Å². The van der Waals surface area contributed by atoms with Gasteiger partial charge in [0.1, 0.15) is 0 Å². The number of hydrogen-bond donors (Lipinski definition) is 1. The zero-order chi connectivity index (χ0) is 14.2. The number of benzene rings is 1. The number of thiophene rings is 1. The predicted molar refractivity (Wildman–Crippen MR) is 80.4 cm³/mol. The highest BCUT2D eigenvalue weighted by molar-refractivity contribution is 7.10. The lowest BCUT2D eigenvalue weighted by Gasteiger charge is -2.20. The number of fused-ring (bicyclic) bond motifs is 1. The molecule has 0 fully saturated rings. The quantitative estimate of drug-likeness (QED) is 0.735. The van der Waals surface area contributed by atoms with Gasteiger partial charge in [0, 0.05) is 10.8 Å². The summed E-state index contributed by atoms with van der Waals surface area (Å²) in [5.41, 5.74) is 2.95. The molecule has 0 saturated heterocycles. The lowest BCUT2D eigenvalue weighted by atomic mass is 9.90. The van der Waals surface area contributed by atoms with Gasteiger partial charge in [-0.15, -0.1) is 16.4 Å². The van der Waals surface area contributed by atoms with Crippen molar-refractivity contribution in [3.05, 3.63) is 58.3 Å². The summed E-state index contributed by atoms with van der Waals surface area (Å²) < 4.78 is 5.29. The van der Waals surface area contributed by atoms with Crippen molar-refractivity contribution in [3.8, 4) is 17.1 Å². The second-order valence-electron chi connectivity index (χ2n) is 4.93. The number of aromatic nitrogens is 2. The van der Waals surface area contributed by atoms with Gasteiger partial charge in [0.05, 0.1) is 17.7 Å². The Balaban J connectivity index is 1.89. The molecule has 0 spiro atoms. The lowest BCUT2D eigenvalue weighted by molar-refractivity contribution is -0.135. The largest absolute Gasteiger partial charge is 0.405 e. The maximum atomic E-state index is 11.8. The molecule has 1 N–H and O–H groups in total. The number of esters is 1. The Hall–Kier alpha value is -2.40. The highest BCUT2D eigenvalue weighted by Crippen LogP contribution is 2.43. The molecule has 0 unspecified atom stereocenters. The van der Waals surface area contributed by atoms with Crippen LogP contribution in [0.1, 0.15) is 22.8 Å². The van der Waals surface area contributed by atoms with E-state index in [1.165, 1.54) is 0 Å². The topological polar surface area (TPSA) is 55.0 Å². The number of nitrogens with zero attached hydrogens (tertiary/aromatic N) is 1. The highest BCUT2D eigenvalue weighted by Gasteiger charge is 2.34. The van der Waals surface area contributed by atoms with Gasteiger partial charge in [-0.05, 0) is 17.0 Å². The molecule has 4 nitrogen and oxygen atoms in total. The van der Waals surface area contributed by atoms with Crippen LogP contribution in [-0.4, -0.2) is 16.2 Å². The molecule has 5 heteroatoms. The van der Waals surface area contributed by atoms with Gasteiger partial charge >= 0.3 is 5.97 Å². The summed E-state index contributed by atoms with van der Waals surface area (Å²) in [5.74, 6) is 0.186. The summed E-state index contributed by atoms with van der Waals surface area (Å²) in [6.45, 7) is 0. The molecule has 1 aliphatic rings. The van der Waals surface area contributed by atoms with Crippen molar-refractivity contribution in [2.24, 2.45) is 0 Å². The Morgan fingerprint density at radius 1 is 1.19 bits per heavy atom. The van der Waals surface area contributed by atoms with Gasteiger partial charge in [-0.1, -0.05) is 36.4 Å². The van der Waals surface area contributed by atoms with Crippen LogP contribution in [0.3, 0.4) is 0 Å². The molecule has 1 aromatic carbocycles. The average molecular weight is 296 g/mol. The second kappa shape index (κ2) is 4.86. The molecule has 0 bridgehead atoms. The summed E-state index contributed by atoms with van der Waals surface area (Å²) >= 11 is 1.65. The van der Waals surface area contributed by atoms with Crippen LogP contribution in [0.4, 0.5) is 0 Å². The maximum Gasteiger partial charge on any atom is 0.313 e. The van der Waals surface area contributed by atoms with E-state index in [1.807, 2.05) is 41.8 Å². The predicted octanol–water partition coefficient (Wildman–Crippen LogP) is 3.58. The molecule has 0 radical (unpaired) electrons. The number of ether oxygens (including phenoxy) is 1. The Morgan fingerprint density at radius 2 is 2.05 bits per heavy atom. The standard InChI is InChI=1S/C16H12N2O2S/c19-13-9-11(12-7-4-8-21-12)14-15(17-18-16(14)20-13)10-5-2-1-3-6-10/h1-8,11H,9H2,(H,17,18)/t11-/m0/s1. The van der Waals surface area contributed by atoms with E-state index in [1.54, 1.807) is 11.3 Å². The van der Waals surface area contributed by atoms with Gasteiger partial charge in [-0.3, -0.25) is 9.89 Å². The average Bonchev–Trinajstić information content (AvgIpc) is 3.16. The number of hydrogen-bond acceptors (Lipinski definition) is 4. The van der Waals surface area contributed by atoms with Gasteiger partial charge in [-0.25, -0.2) is 0 Å². The van der Waals surface area contributed by atoms with Crippen LogP contribution in [-0.2, 0) is 4.79 Å². The fourth-order valence-corrected chi connectivity index (χ4v) is 3.55. The van der Waals surface area contributed by atoms with E-state index in [-0.39, 0.29) is 11.9 Å². The number of carbonyl (C=O) groups is 1. The first-order valence-corrected chi connectivity index (χ1v) is 7.58. The number of H-pyrrole nitrogens is 1. The fourth-order valence-electron chi connectivity index (χ4n) is 2.71. The van der Waals surface area contributed by atoms with Crippen LogP contribution in [0, 0.1) is 0 Å². The van der Waals surface area contributed by atoms with E-state index in [9.17, 15) is 4.79 Å². The summed E-state index contributed by atoms with van der Waals surface area (Å²) in [7, 11) is 0. The third-order valence-corrected chi connectivity index (χ3v) is 4.63. The van der Waals surface area contributed by atoms with Crippen molar-refractivity contribution in [3.63, 3.8) is 0 Å². The molecule has 104 valence electrons. The Morgan fingerprint density at radius 3 is 2.81 bits per heavy atom. The van der Waals surface area contributed by atoms with Crippen LogP contribution in [0.2, 0.25) is 0 Å². The molecule has 2 aromatic heterocycles. The molecule has 1 aliphatic heterocycles. The molecule has 3 heterocycles. The van der Waals surface area contributed by atoms with Crippen LogP contribution in [0.25, 0.3) is 11.3 Å². The van der Waals surface area contributed by atoms with Gasteiger partial charge < -0.3 is 4.74 Å². The van der Waals surface area contributed by atoms with E-state index >= 15 is 0 Å². The summed E-state index contributed by atoms with van der Waals surface area (Å²) in [6.07, 6.45) is 0.354. The van der Waals surface area contributed by atoms with E-state index in [0.29, 0.717) is 12.3 Å². The Kier molecular flexibility index (Phi) is 2.86. The summed E-state index contributed by atoms with van der Waals surface area (Å²) in [4.78, 5) is 13.0. The third kappa shape index (κ3) is 2.06. The third-order valence-electron chi connectivity index (χ3n) is 3.65. The summed E-state index contributed by atoms with van der Waals surface area (Å²) in [5, 5.41) is 9.23. The van der Waals surface area contributed by atoms with Crippen LogP contribution in [0.5, 0.6) is 5.88 Å². The summed E-state index contributed by atoms with van der Waals surface area (Å²) in [6, 6.07) is 14.0. The zero-order valence-electron chi connectivity index (χ0n) is 11.1. The van der Waals surface area contributed by atoms with Crippen molar-refractivity contribution >= 4 is 17.3 Å². The normalized spacial score (nSPS) is 17.3. The maximum absolute atomic E-state index is 11.8. The van der Waals surface area contributed by atoms with E-state index in [4.69, 9.17) is 4.74 Å². The molecule has 3 aromatic rings. The number of rotatable bonds is 2. The van der Waals surface area contributed by atoms with Crippen LogP contribution < -0.4 is 4.74 Å². The molecular formula is C16H12N2O2S. The van der Waals surface area contributed by atoms with E-state index in [0.717, 1.165) is 21.7 Å². The molecule has 0 amide bonds. The first-order valence-electron chi connectivity index (χ1n) is 6.70. The monoisotopic (exact) mass is 296 g/mol. The van der Waals surface area contributed by atoms with Gasteiger partial charge in [0.15, 0.2) is 0 Å². The van der Waals surface area contributed by atoms with Gasteiger partial charge in [-0.2, -0.15) is 0 Å². The van der Waals surface area contributed by atoms with Crippen molar-refractivity contribution in [1.29, 1.82) is 0 Å². The fraction of sp³-hybridized carbons (Fsp3) is 0.125. The van der Waals surface area contributed by atoms with Gasteiger partial charge in [0.25, 0.3) is 0 Å². The van der Waals surface area contributed by atoms with Crippen molar-refractivity contribution < 1.29 is 9.53 Å². The van der Waals surface area contributed by atoms with Crippen LogP contribution >= 0.6 is 11.3 Å². The number of carbonyl (C=O) groups excluding carboxylic acids is 1. The molecule has 1 atom stereocenters. The van der Waals surface area contributed by atoms with Gasteiger partial charge in [0.2, 0.25) is 5.88 Å². The van der Waals surface area contributed by atoms with Crippen molar-refractivity contribution in [1.82, 2.24) is 10.2 Å². The minimum atomic E-state index is -0.230. The molecule has 21 heavy (non-hydrogen) atoms. The molecule has 0 saturated carbocycles. The molecule has 0 aliphatic carbocycles. The van der Waals surface area contributed by atoms with E-state index < -0.39 is 0 Å². The molecular weight excluding hydrogens is 284 g/mol. The smallest absolute Gasteiger partial charge is 0.313 e. The number of aromatic amines is 1. The number of nitrogens with one attached hydrogen (secondary N) is 1. The first kappa shape index (κ1) is 12.3. The van der Waals surface area contributed by atoms with Crippen molar-refractivity contribution in [2.75, 3.05) is 0 Å². The zero-order valence-corrected chi connectivity index (χ0v) is 11.9. The Bertz CT molecular complexity index is 778. The molecule has 4 rings (SSSR count). The minimum Gasteiger partial charge on any atom is -0.405 e.